The molecule has 0 aromatic rings. The molecule has 1 atom stereocenters. The van der Waals surface area contributed by atoms with Gasteiger partial charge < -0.3 is 10.2 Å². The molecule has 0 saturated heterocycles. The second-order valence-electron chi connectivity index (χ2n) is 4.54. The maximum Gasteiger partial charge on any atom is 0.307 e. The maximum absolute atomic E-state index is 10.8. The van der Waals surface area contributed by atoms with Crippen LogP contribution in [0.4, 0.5) is 0 Å². The quantitative estimate of drug-likeness (QED) is 0.547. The summed E-state index contributed by atoms with van der Waals surface area (Å²) < 4.78 is 0. The van der Waals surface area contributed by atoms with Gasteiger partial charge in [-0.2, -0.15) is 0 Å². The van der Waals surface area contributed by atoms with Gasteiger partial charge in [-0.15, -0.1) is 0 Å². The first-order chi connectivity index (χ1) is 8.07. The molecule has 0 spiro atoms. The van der Waals surface area contributed by atoms with E-state index >= 15 is 0 Å². The molecule has 0 amide bonds. The van der Waals surface area contributed by atoms with Crippen molar-refractivity contribution >= 4 is 11.9 Å². The number of carboxylic acid groups (broad SMARTS) is 2. The molecule has 0 fully saturated rings. The number of aliphatic carboxylic acids is 2. The zero-order valence-corrected chi connectivity index (χ0v) is 10.7. The molecule has 0 aliphatic heterocycles. The molecule has 0 aliphatic rings. The molecule has 0 radical (unpaired) electrons. The van der Waals surface area contributed by atoms with Gasteiger partial charge in [-0.25, -0.2) is 0 Å². The number of hydrogen-bond acceptors (Lipinski definition) is 2. The lowest BCUT2D eigenvalue weighted by atomic mass is 9.97. The average molecular weight is 244 g/mol. The molecule has 0 aliphatic carbocycles. The van der Waals surface area contributed by atoms with Gasteiger partial charge in [0.2, 0.25) is 0 Å². The topological polar surface area (TPSA) is 74.6 Å². The minimum absolute atomic E-state index is 0.259. The predicted octanol–water partition coefficient (Wildman–Crippen LogP) is 3.30. The summed E-state index contributed by atoms with van der Waals surface area (Å²) in [6.45, 7) is 2.17. The molecular formula is C13H24O4. The molecule has 0 aromatic heterocycles. The fourth-order valence-corrected chi connectivity index (χ4v) is 1.87. The molecule has 4 nitrogen and oxygen atoms in total. The second-order valence-corrected chi connectivity index (χ2v) is 4.54. The van der Waals surface area contributed by atoms with Gasteiger partial charge in [0.25, 0.3) is 0 Å². The first kappa shape index (κ1) is 15.9. The summed E-state index contributed by atoms with van der Waals surface area (Å²) in [7, 11) is 0. The third-order valence-electron chi connectivity index (χ3n) is 2.93. The fourth-order valence-electron chi connectivity index (χ4n) is 1.87. The zero-order valence-electron chi connectivity index (χ0n) is 10.7. The summed E-state index contributed by atoms with van der Waals surface area (Å²) in [6, 6.07) is 0. The average Bonchev–Trinajstić information content (AvgIpc) is 2.25. The molecule has 0 aromatic carbocycles. The van der Waals surface area contributed by atoms with E-state index in [-0.39, 0.29) is 6.42 Å². The van der Waals surface area contributed by atoms with Crippen LogP contribution in [-0.2, 0) is 9.59 Å². The Labute approximate surface area is 103 Å². The lowest BCUT2D eigenvalue weighted by Crippen LogP contribution is -2.17. The Hall–Kier alpha value is -1.06. The molecular weight excluding hydrogens is 220 g/mol. The van der Waals surface area contributed by atoms with Crippen molar-refractivity contribution in [1.82, 2.24) is 0 Å². The third kappa shape index (κ3) is 9.85. The van der Waals surface area contributed by atoms with Crippen LogP contribution >= 0.6 is 0 Å². The van der Waals surface area contributed by atoms with Crippen LogP contribution in [0.2, 0.25) is 0 Å². The summed E-state index contributed by atoms with van der Waals surface area (Å²) in [5.74, 6) is -2.73. The Morgan fingerprint density at radius 3 is 1.94 bits per heavy atom. The summed E-state index contributed by atoms with van der Waals surface area (Å²) in [6.07, 6.45) is 8.10. The number of rotatable bonds is 11. The summed E-state index contributed by atoms with van der Waals surface area (Å²) in [5, 5.41) is 17.4. The Balaban J connectivity index is 3.55. The molecule has 0 bridgehead atoms. The molecule has 2 N–H and O–H groups in total. The standard InChI is InChI=1S/C13H24O4/c1-2-3-4-5-6-7-8-9-11(13(16)17)10-12(14)15/h11H,2-10H2,1H3,(H,14,15)(H,16,17)/t11-/m0/s1. The SMILES string of the molecule is CCCCCCCCC[C@@H](CC(=O)O)C(=O)O. The lowest BCUT2D eigenvalue weighted by Gasteiger charge is -2.09. The molecule has 0 rings (SSSR count). The first-order valence-corrected chi connectivity index (χ1v) is 6.52. The van der Waals surface area contributed by atoms with Crippen LogP contribution in [0, 0.1) is 5.92 Å². The zero-order chi connectivity index (χ0) is 13.1. The maximum atomic E-state index is 10.8. The van der Waals surface area contributed by atoms with Crippen LogP contribution in [0.1, 0.15) is 64.7 Å². The largest absolute Gasteiger partial charge is 0.481 e. The molecule has 4 heteroatoms. The molecule has 17 heavy (non-hydrogen) atoms. The molecule has 0 saturated carbocycles. The first-order valence-electron chi connectivity index (χ1n) is 6.52. The van der Waals surface area contributed by atoms with E-state index in [2.05, 4.69) is 6.92 Å². The Bertz CT molecular complexity index is 225. The minimum atomic E-state index is -1.03. The van der Waals surface area contributed by atoms with E-state index in [1.807, 2.05) is 0 Å². The smallest absolute Gasteiger partial charge is 0.307 e. The number of carboxylic acids is 2. The van der Waals surface area contributed by atoms with Gasteiger partial charge in [-0.3, -0.25) is 9.59 Å². The summed E-state index contributed by atoms with van der Waals surface area (Å²) in [5.41, 5.74) is 0. The molecule has 0 unspecified atom stereocenters. The Morgan fingerprint density at radius 1 is 0.941 bits per heavy atom. The van der Waals surface area contributed by atoms with E-state index in [0.717, 1.165) is 19.3 Å². The van der Waals surface area contributed by atoms with Crippen molar-refractivity contribution in [3.05, 3.63) is 0 Å². The van der Waals surface area contributed by atoms with Crippen molar-refractivity contribution in [3.63, 3.8) is 0 Å². The van der Waals surface area contributed by atoms with E-state index < -0.39 is 17.9 Å². The van der Waals surface area contributed by atoms with Gasteiger partial charge in [-0.05, 0) is 6.42 Å². The predicted molar refractivity (Wildman–Crippen MR) is 66.0 cm³/mol. The van der Waals surface area contributed by atoms with Gasteiger partial charge in [0, 0.05) is 0 Å². The highest BCUT2D eigenvalue weighted by Gasteiger charge is 2.19. The van der Waals surface area contributed by atoms with Gasteiger partial charge in [-0.1, -0.05) is 51.9 Å². The van der Waals surface area contributed by atoms with Crippen LogP contribution in [0.3, 0.4) is 0 Å². The van der Waals surface area contributed by atoms with Crippen LogP contribution < -0.4 is 0 Å². The highest BCUT2D eigenvalue weighted by Crippen LogP contribution is 2.15. The van der Waals surface area contributed by atoms with Crippen LogP contribution in [0.5, 0.6) is 0 Å². The van der Waals surface area contributed by atoms with Crippen molar-refractivity contribution in [2.24, 2.45) is 5.92 Å². The Kier molecular flexibility index (Phi) is 9.49. The van der Waals surface area contributed by atoms with Gasteiger partial charge in [0.15, 0.2) is 0 Å². The summed E-state index contributed by atoms with van der Waals surface area (Å²) >= 11 is 0. The van der Waals surface area contributed by atoms with Gasteiger partial charge in [0.05, 0.1) is 12.3 Å². The van der Waals surface area contributed by atoms with E-state index in [4.69, 9.17) is 10.2 Å². The van der Waals surface area contributed by atoms with Crippen molar-refractivity contribution in [2.45, 2.75) is 64.7 Å². The van der Waals surface area contributed by atoms with E-state index in [9.17, 15) is 9.59 Å². The third-order valence-corrected chi connectivity index (χ3v) is 2.93. The lowest BCUT2D eigenvalue weighted by molar-refractivity contribution is -0.148. The second kappa shape index (κ2) is 10.1. The fraction of sp³-hybridized carbons (Fsp3) is 0.846. The van der Waals surface area contributed by atoms with Crippen molar-refractivity contribution in [2.75, 3.05) is 0 Å². The highest BCUT2D eigenvalue weighted by atomic mass is 16.4. The van der Waals surface area contributed by atoms with Gasteiger partial charge in [0.1, 0.15) is 0 Å². The highest BCUT2D eigenvalue weighted by molar-refractivity contribution is 5.77. The number of carbonyl (C=O) groups is 2. The van der Waals surface area contributed by atoms with Crippen molar-refractivity contribution in [3.8, 4) is 0 Å². The Morgan fingerprint density at radius 2 is 1.47 bits per heavy atom. The normalized spacial score (nSPS) is 12.3. The van der Waals surface area contributed by atoms with Crippen molar-refractivity contribution < 1.29 is 19.8 Å². The minimum Gasteiger partial charge on any atom is -0.481 e. The summed E-state index contributed by atoms with van der Waals surface area (Å²) in [4.78, 5) is 21.2. The van der Waals surface area contributed by atoms with E-state index in [1.54, 1.807) is 0 Å². The monoisotopic (exact) mass is 244 g/mol. The van der Waals surface area contributed by atoms with Crippen molar-refractivity contribution in [1.29, 1.82) is 0 Å². The van der Waals surface area contributed by atoms with Crippen LogP contribution in [-0.4, -0.2) is 22.2 Å². The van der Waals surface area contributed by atoms with E-state index in [1.165, 1.54) is 25.7 Å². The van der Waals surface area contributed by atoms with Crippen LogP contribution in [0.15, 0.2) is 0 Å². The molecule has 100 valence electrons. The van der Waals surface area contributed by atoms with Gasteiger partial charge >= 0.3 is 11.9 Å². The van der Waals surface area contributed by atoms with E-state index in [0.29, 0.717) is 6.42 Å². The van der Waals surface area contributed by atoms with Crippen LogP contribution in [0.25, 0.3) is 0 Å². The molecule has 0 heterocycles. The number of hydrogen-bond donors (Lipinski definition) is 2. The number of unbranched alkanes of at least 4 members (excludes halogenated alkanes) is 6.